The molecular formula is C28H35N5O2. The third-order valence-electron chi connectivity index (χ3n) is 8.03. The van der Waals surface area contributed by atoms with Crippen molar-refractivity contribution in [2.24, 2.45) is 18.9 Å². The molecule has 0 amide bonds. The van der Waals surface area contributed by atoms with E-state index in [-0.39, 0.29) is 0 Å². The zero-order chi connectivity index (χ0) is 24.3. The summed E-state index contributed by atoms with van der Waals surface area (Å²) in [5, 5.41) is 20.5. The summed E-state index contributed by atoms with van der Waals surface area (Å²) in [5.41, 5.74) is 6.30. The SMILES string of the molecule is Cc1nnn(C)c1-c1cnc2c3ccc(C(C)(C)O)cc3n([C@H](CC3CC3)C3CCOCC3)c2c1. The monoisotopic (exact) mass is 473 g/mol. The number of pyridine rings is 1. The van der Waals surface area contributed by atoms with Crippen LogP contribution in [0.3, 0.4) is 0 Å². The molecule has 184 valence electrons. The van der Waals surface area contributed by atoms with Crippen LogP contribution in [0.1, 0.15) is 63.3 Å². The number of aromatic nitrogens is 5. The van der Waals surface area contributed by atoms with Gasteiger partial charge in [0.1, 0.15) is 0 Å². The van der Waals surface area contributed by atoms with Gasteiger partial charge in [-0.15, -0.1) is 5.10 Å². The highest BCUT2D eigenvalue weighted by Crippen LogP contribution is 2.45. The fourth-order valence-corrected chi connectivity index (χ4v) is 5.93. The van der Waals surface area contributed by atoms with Crippen LogP contribution in [0.2, 0.25) is 0 Å². The summed E-state index contributed by atoms with van der Waals surface area (Å²) in [6.07, 6.45) is 7.96. The summed E-state index contributed by atoms with van der Waals surface area (Å²) in [4.78, 5) is 5.01. The zero-order valence-corrected chi connectivity index (χ0v) is 21.2. The first kappa shape index (κ1) is 22.7. The lowest BCUT2D eigenvalue weighted by Gasteiger charge is -2.33. The maximum Gasteiger partial charge on any atom is 0.0960 e. The molecule has 2 aliphatic rings. The highest BCUT2D eigenvalue weighted by molar-refractivity contribution is 6.07. The van der Waals surface area contributed by atoms with Gasteiger partial charge in [0.2, 0.25) is 0 Å². The van der Waals surface area contributed by atoms with Crippen LogP contribution in [-0.4, -0.2) is 42.9 Å². The van der Waals surface area contributed by atoms with Gasteiger partial charge in [-0.2, -0.15) is 0 Å². The summed E-state index contributed by atoms with van der Waals surface area (Å²) in [6.45, 7) is 7.38. The van der Waals surface area contributed by atoms with E-state index < -0.39 is 5.60 Å². The minimum Gasteiger partial charge on any atom is -0.386 e. The van der Waals surface area contributed by atoms with Crippen molar-refractivity contribution < 1.29 is 9.84 Å². The summed E-state index contributed by atoms with van der Waals surface area (Å²) in [6, 6.07) is 9.03. The van der Waals surface area contributed by atoms with Gasteiger partial charge in [0.05, 0.1) is 33.5 Å². The first-order valence-corrected chi connectivity index (χ1v) is 12.9. The zero-order valence-electron chi connectivity index (χ0n) is 21.2. The molecule has 1 aliphatic heterocycles. The van der Waals surface area contributed by atoms with Crippen LogP contribution >= 0.6 is 0 Å². The molecular weight excluding hydrogens is 438 g/mol. The molecule has 1 saturated carbocycles. The molecule has 6 rings (SSSR count). The molecule has 1 aromatic carbocycles. The van der Waals surface area contributed by atoms with E-state index in [1.165, 1.54) is 24.8 Å². The Labute approximate surface area is 206 Å². The van der Waals surface area contributed by atoms with Crippen LogP contribution in [-0.2, 0) is 17.4 Å². The molecule has 4 aromatic rings. The van der Waals surface area contributed by atoms with Crippen molar-refractivity contribution in [2.45, 2.75) is 64.5 Å². The number of hydrogen-bond acceptors (Lipinski definition) is 5. The minimum atomic E-state index is -0.907. The molecule has 0 spiro atoms. The number of hydrogen-bond donors (Lipinski definition) is 1. The van der Waals surface area contributed by atoms with Crippen LogP contribution < -0.4 is 0 Å². The van der Waals surface area contributed by atoms with E-state index in [1.807, 2.05) is 44.8 Å². The Morgan fingerprint density at radius 1 is 1.11 bits per heavy atom. The molecule has 0 bridgehead atoms. The van der Waals surface area contributed by atoms with Crippen LogP contribution in [0.5, 0.6) is 0 Å². The third-order valence-corrected chi connectivity index (χ3v) is 8.03. The third kappa shape index (κ3) is 4.04. The number of nitrogens with zero attached hydrogens (tertiary/aromatic N) is 5. The Kier molecular flexibility index (Phi) is 5.45. The van der Waals surface area contributed by atoms with Crippen LogP contribution in [0, 0.1) is 18.8 Å². The second-order valence-electron chi connectivity index (χ2n) is 11.1. The van der Waals surface area contributed by atoms with Crippen molar-refractivity contribution in [1.29, 1.82) is 0 Å². The lowest BCUT2D eigenvalue weighted by Crippen LogP contribution is -2.26. The Morgan fingerprint density at radius 2 is 1.89 bits per heavy atom. The van der Waals surface area contributed by atoms with E-state index in [2.05, 4.69) is 33.1 Å². The minimum absolute atomic E-state index is 0.381. The van der Waals surface area contributed by atoms with Gasteiger partial charge in [0.25, 0.3) is 0 Å². The Morgan fingerprint density at radius 3 is 2.54 bits per heavy atom. The molecule has 0 radical (unpaired) electrons. The lowest BCUT2D eigenvalue weighted by molar-refractivity contribution is 0.0474. The highest BCUT2D eigenvalue weighted by Gasteiger charge is 2.34. The van der Waals surface area contributed by atoms with Gasteiger partial charge < -0.3 is 14.4 Å². The number of aryl methyl sites for hydroxylation is 2. The van der Waals surface area contributed by atoms with E-state index >= 15 is 0 Å². The number of ether oxygens (including phenoxy) is 1. The summed E-state index contributed by atoms with van der Waals surface area (Å²) >= 11 is 0. The molecule has 4 heterocycles. The van der Waals surface area contributed by atoms with Crippen molar-refractivity contribution in [2.75, 3.05) is 13.2 Å². The van der Waals surface area contributed by atoms with Gasteiger partial charge in [-0.05, 0) is 69.6 Å². The van der Waals surface area contributed by atoms with Crippen molar-refractivity contribution >= 4 is 21.9 Å². The Bertz CT molecular complexity index is 1370. The molecule has 7 heteroatoms. The lowest BCUT2D eigenvalue weighted by atomic mass is 9.87. The second kappa shape index (κ2) is 8.42. The second-order valence-corrected chi connectivity index (χ2v) is 11.1. The fraction of sp³-hybridized carbons (Fsp3) is 0.536. The van der Waals surface area contributed by atoms with E-state index in [0.29, 0.717) is 12.0 Å². The van der Waals surface area contributed by atoms with Gasteiger partial charge in [0, 0.05) is 43.4 Å². The predicted octanol–water partition coefficient (Wildman–Crippen LogP) is 5.29. The van der Waals surface area contributed by atoms with Crippen molar-refractivity contribution in [3.63, 3.8) is 0 Å². The number of benzene rings is 1. The Balaban J connectivity index is 1.62. The largest absolute Gasteiger partial charge is 0.386 e. The van der Waals surface area contributed by atoms with E-state index in [0.717, 1.165) is 70.9 Å². The first-order valence-electron chi connectivity index (χ1n) is 12.9. The summed E-state index contributed by atoms with van der Waals surface area (Å²) in [7, 11) is 1.93. The molecule has 3 aromatic heterocycles. The maximum absolute atomic E-state index is 10.8. The molecule has 0 unspecified atom stereocenters. The van der Waals surface area contributed by atoms with Gasteiger partial charge in [-0.1, -0.05) is 30.2 Å². The van der Waals surface area contributed by atoms with Crippen molar-refractivity contribution in [1.82, 2.24) is 24.5 Å². The van der Waals surface area contributed by atoms with Gasteiger partial charge in [0.15, 0.2) is 0 Å². The van der Waals surface area contributed by atoms with Crippen LogP contribution in [0.15, 0.2) is 30.5 Å². The van der Waals surface area contributed by atoms with Crippen molar-refractivity contribution in [3.05, 3.63) is 41.7 Å². The Hall–Kier alpha value is -2.77. The van der Waals surface area contributed by atoms with Gasteiger partial charge >= 0.3 is 0 Å². The molecule has 7 nitrogen and oxygen atoms in total. The predicted molar refractivity (Wildman–Crippen MR) is 137 cm³/mol. The number of fused-ring (bicyclic) bond motifs is 3. The average molecular weight is 474 g/mol. The first-order chi connectivity index (χ1) is 16.8. The molecule has 35 heavy (non-hydrogen) atoms. The average Bonchev–Trinajstić information content (AvgIpc) is 3.53. The van der Waals surface area contributed by atoms with Gasteiger partial charge in [-0.3, -0.25) is 4.98 Å². The molecule has 2 fully saturated rings. The molecule has 1 aliphatic carbocycles. The quantitative estimate of drug-likeness (QED) is 0.412. The highest BCUT2D eigenvalue weighted by atomic mass is 16.5. The number of aliphatic hydroxyl groups is 1. The number of rotatable bonds is 6. The molecule has 1 N–H and O–H groups in total. The topological polar surface area (TPSA) is 78.0 Å². The summed E-state index contributed by atoms with van der Waals surface area (Å²) in [5.74, 6) is 1.37. The van der Waals surface area contributed by atoms with E-state index in [9.17, 15) is 5.11 Å². The normalized spacial score (nSPS) is 18.5. The van der Waals surface area contributed by atoms with Crippen LogP contribution in [0.4, 0.5) is 0 Å². The fourth-order valence-electron chi connectivity index (χ4n) is 5.93. The standard InChI is InChI=1S/C28H35N5O2/c1-17-27(32(4)31-30-17)20-14-25-26(29-16-20)22-8-7-21(28(2,3)34)15-24(22)33(25)23(13-18-5-6-18)19-9-11-35-12-10-19/h7-8,14-16,18-19,23,34H,5-6,9-13H2,1-4H3/t23-/m1/s1. The van der Waals surface area contributed by atoms with E-state index in [4.69, 9.17) is 9.72 Å². The van der Waals surface area contributed by atoms with E-state index in [1.54, 1.807) is 0 Å². The maximum atomic E-state index is 10.8. The van der Waals surface area contributed by atoms with Crippen LogP contribution in [0.25, 0.3) is 33.2 Å². The summed E-state index contributed by atoms with van der Waals surface area (Å²) < 4.78 is 10.1. The van der Waals surface area contributed by atoms with Crippen molar-refractivity contribution in [3.8, 4) is 11.3 Å². The molecule has 1 saturated heterocycles. The molecule has 1 atom stereocenters. The smallest absolute Gasteiger partial charge is 0.0960 e. The van der Waals surface area contributed by atoms with Gasteiger partial charge in [-0.25, -0.2) is 4.68 Å².